The molecule has 1 aromatic rings. The lowest BCUT2D eigenvalue weighted by molar-refractivity contribution is -0.143. The molecule has 0 spiro atoms. The van der Waals surface area contributed by atoms with Crippen LogP contribution in [0.25, 0.3) is 0 Å². The highest BCUT2D eigenvalue weighted by molar-refractivity contribution is 5.89. The fourth-order valence-electron chi connectivity index (χ4n) is 3.78. The third-order valence-corrected chi connectivity index (χ3v) is 5.42. The molecule has 3 rings (SSSR count). The lowest BCUT2D eigenvalue weighted by atomic mass is 9.90. The number of hydrogen-bond acceptors (Lipinski definition) is 3. The van der Waals surface area contributed by atoms with E-state index in [1.165, 1.54) is 0 Å². The minimum absolute atomic E-state index is 0.0210. The molecule has 2 heterocycles. The fraction of sp³-hybridized carbons (Fsp3) is 0.579. The van der Waals surface area contributed by atoms with Gasteiger partial charge in [0.1, 0.15) is 6.04 Å². The third kappa shape index (κ3) is 3.46. The molecule has 2 fully saturated rings. The van der Waals surface area contributed by atoms with Gasteiger partial charge in [-0.2, -0.15) is 0 Å². The van der Waals surface area contributed by atoms with E-state index in [0.717, 1.165) is 31.4 Å². The Bertz CT molecular complexity index is 604. The quantitative estimate of drug-likeness (QED) is 0.908. The van der Waals surface area contributed by atoms with Gasteiger partial charge in [-0.3, -0.25) is 9.59 Å². The molecule has 2 aliphatic rings. The van der Waals surface area contributed by atoms with Crippen LogP contribution >= 0.6 is 0 Å². The van der Waals surface area contributed by atoms with Crippen LogP contribution in [0, 0.1) is 5.41 Å². The SMILES string of the molecule is CC1(CN)CCN(C(=O)C2CCCN2C(=O)Cc2ccccc2)C1. The van der Waals surface area contributed by atoms with Crippen LogP contribution in [-0.2, 0) is 16.0 Å². The van der Waals surface area contributed by atoms with Crippen molar-refractivity contribution in [3.8, 4) is 0 Å². The second-order valence-corrected chi connectivity index (χ2v) is 7.43. The molecule has 2 unspecified atom stereocenters. The number of hydrogen-bond donors (Lipinski definition) is 1. The highest BCUT2D eigenvalue weighted by atomic mass is 16.2. The van der Waals surface area contributed by atoms with Gasteiger partial charge in [0.25, 0.3) is 0 Å². The molecule has 24 heavy (non-hydrogen) atoms. The summed E-state index contributed by atoms with van der Waals surface area (Å²) in [6.07, 6.45) is 2.99. The van der Waals surface area contributed by atoms with Gasteiger partial charge in [0.15, 0.2) is 0 Å². The number of benzene rings is 1. The lowest BCUT2D eigenvalue weighted by Crippen LogP contribution is -2.48. The summed E-state index contributed by atoms with van der Waals surface area (Å²) >= 11 is 0. The molecule has 2 saturated heterocycles. The van der Waals surface area contributed by atoms with Gasteiger partial charge in [-0.15, -0.1) is 0 Å². The number of nitrogens with two attached hydrogens (primary N) is 1. The standard InChI is InChI=1S/C19H27N3O2/c1-19(13-20)9-11-21(14-19)18(24)16-8-5-10-22(16)17(23)12-15-6-3-2-4-7-15/h2-4,6-7,16H,5,8-14,20H2,1H3. The Balaban J connectivity index is 1.65. The first kappa shape index (κ1) is 17.0. The van der Waals surface area contributed by atoms with Crippen LogP contribution in [0.3, 0.4) is 0 Å². The molecule has 130 valence electrons. The molecule has 1 aromatic carbocycles. The Morgan fingerprint density at radius 1 is 1.25 bits per heavy atom. The first-order chi connectivity index (χ1) is 11.5. The van der Waals surface area contributed by atoms with Crippen molar-refractivity contribution in [2.45, 2.75) is 38.6 Å². The monoisotopic (exact) mass is 329 g/mol. The van der Waals surface area contributed by atoms with Crippen molar-refractivity contribution in [3.63, 3.8) is 0 Å². The van der Waals surface area contributed by atoms with Gasteiger partial charge in [-0.1, -0.05) is 37.3 Å². The van der Waals surface area contributed by atoms with E-state index in [1.54, 1.807) is 4.90 Å². The molecule has 2 atom stereocenters. The van der Waals surface area contributed by atoms with Crippen molar-refractivity contribution in [1.82, 2.24) is 9.80 Å². The summed E-state index contributed by atoms with van der Waals surface area (Å²) in [5, 5.41) is 0. The first-order valence-electron chi connectivity index (χ1n) is 8.85. The van der Waals surface area contributed by atoms with Gasteiger partial charge >= 0.3 is 0 Å². The topological polar surface area (TPSA) is 66.6 Å². The van der Waals surface area contributed by atoms with Crippen molar-refractivity contribution in [2.75, 3.05) is 26.2 Å². The minimum atomic E-state index is -0.290. The van der Waals surface area contributed by atoms with E-state index in [0.29, 0.717) is 26.1 Å². The molecule has 5 heteroatoms. The van der Waals surface area contributed by atoms with Crippen molar-refractivity contribution < 1.29 is 9.59 Å². The Morgan fingerprint density at radius 2 is 2.00 bits per heavy atom. The van der Waals surface area contributed by atoms with Crippen molar-refractivity contribution >= 4 is 11.8 Å². The van der Waals surface area contributed by atoms with E-state index >= 15 is 0 Å². The molecule has 2 amide bonds. The number of nitrogens with zero attached hydrogens (tertiary/aromatic N) is 2. The Hall–Kier alpha value is -1.88. The van der Waals surface area contributed by atoms with Crippen molar-refractivity contribution in [3.05, 3.63) is 35.9 Å². The molecular weight excluding hydrogens is 302 g/mol. The number of amides is 2. The molecule has 2 aliphatic heterocycles. The van der Waals surface area contributed by atoms with Crippen LogP contribution in [0.2, 0.25) is 0 Å². The summed E-state index contributed by atoms with van der Waals surface area (Å²) in [6.45, 7) is 4.87. The van der Waals surface area contributed by atoms with Crippen LogP contribution in [0.4, 0.5) is 0 Å². The molecule has 0 aromatic heterocycles. The summed E-state index contributed by atoms with van der Waals surface area (Å²) in [5.41, 5.74) is 6.86. The predicted octanol–water partition coefficient (Wildman–Crippen LogP) is 1.42. The Labute approximate surface area is 143 Å². The maximum absolute atomic E-state index is 12.9. The van der Waals surface area contributed by atoms with E-state index in [2.05, 4.69) is 6.92 Å². The summed E-state index contributed by atoms with van der Waals surface area (Å²) in [4.78, 5) is 29.3. The van der Waals surface area contributed by atoms with E-state index in [-0.39, 0.29) is 23.3 Å². The average Bonchev–Trinajstić information content (AvgIpc) is 3.23. The van der Waals surface area contributed by atoms with E-state index < -0.39 is 0 Å². The van der Waals surface area contributed by atoms with Crippen LogP contribution in [0.15, 0.2) is 30.3 Å². The number of rotatable bonds is 4. The highest BCUT2D eigenvalue weighted by Gasteiger charge is 2.41. The molecule has 0 saturated carbocycles. The van der Waals surface area contributed by atoms with E-state index in [1.807, 2.05) is 35.2 Å². The van der Waals surface area contributed by atoms with Gasteiger partial charge in [-0.25, -0.2) is 0 Å². The molecule has 0 radical (unpaired) electrons. The predicted molar refractivity (Wildman–Crippen MR) is 93.2 cm³/mol. The minimum Gasteiger partial charge on any atom is -0.340 e. The summed E-state index contributed by atoms with van der Waals surface area (Å²) in [5.74, 6) is 0.156. The van der Waals surface area contributed by atoms with Crippen LogP contribution in [-0.4, -0.2) is 53.8 Å². The molecule has 0 bridgehead atoms. The van der Waals surface area contributed by atoms with E-state index in [9.17, 15) is 9.59 Å². The smallest absolute Gasteiger partial charge is 0.245 e. The zero-order valence-corrected chi connectivity index (χ0v) is 14.4. The third-order valence-electron chi connectivity index (χ3n) is 5.42. The van der Waals surface area contributed by atoms with Gasteiger partial charge in [0.05, 0.1) is 6.42 Å². The largest absolute Gasteiger partial charge is 0.340 e. The average molecular weight is 329 g/mol. The number of carbonyl (C=O) groups excluding carboxylic acids is 2. The van der Waals surface area contributed by atoms with Gasteiger partial charge in [0, 0.05) is 19.6 Å². The van der Waals surface area contributed by atoms with Crippen LogP contribution in [0.1, 0.15) is 31.7 Å². The molecule has 5 nitrogen and oxygen atoms in total. The molecular formula is C19H27N3O2. The van der Waals surface area contributed by atoms with Crippen molar-refractivity contribution in [2.24, 2.45) is 11.1 Å². The van der Waals surface area contributed by atoms with Gasteiger partial charge < -0.3 is 15.5 Å². The van der Waals surface area contributed by atoms with E-state index in [4.69, 9.17) is 5.73 Å². The maximum atomic E-state index is 12.9. The summed E-state index contributed by atoms with van der Waals surface area (Å²) in [7, 11) is 0. The fourth-order valence-corrected chi connectivity index (χ4v) is 3.78. The van der Waals surface area contributed by atoms with Gasteiger partial charge in [0.2, 0.25) is 11.8 Å². The normalized spacial score (nSPS) is 26.8. The number of likely N-dealkylation sites (tertiary alicyclic amines) is 2. The second-order valence-electron chi connectivity index (χ2n) is 7.43. The summed E-state index contributed by atoms with van der Waals surface area (Å²) in [6, 6.07) is 9.44. The molecule has 0 aliphatic carbocycles. The van der Waals surface area contributed by atoms with Crippen LogP contribution < -0.4 is 5.73 Å². The zero-order valence-electron chi connectivity index (χ0n) is 14.4. The zero-order chi connectivity index (χ0) is 17.2. The Kier molecular flexibility index (Phi) is 4.90. The Morgan fingerprint density at radius 3 is 2.67 bits per heavy atom. The maximum Gasteiger partial charge on any atom is 0.245 e. The molecule has 2 N–H and O–H groups in total. The first-order valence-corrected chi connectivity index (χ1v) is 8.85. The number of carbonyl (C=O) groups is 2. The highest BCUT2D eigenvalue weighted by Crippen LogP contribution is 2.30. The second kappa shape index (κ2) is 6.93. The van der Waals surface area contributed by atoms with Crippen LogP contribution in [0.5, 0.6) is 0 Å². The summed E-state index contributed by atoms with van der Waals surface area (Å²) < 4.78 is 0. The van der Waals surface area contributed by atoms with Gasteiger partial charge in [-0.05, 0) is 36.8 Å². The lowest BCUT2D eigenvalue weighted by Gasteiger charge is -2.29. The van der Waals surface area contributed by atoms with Crippen molar-refractivity contribution in [1.29, 1.82) is 0 Å².